The summed E-state index contributed by atoms with van der Waals surface area (Å²) in [6.07, 6.45) is 2.80. The van der Waals surface area contributed by atoms with Crippen LogP contribution in [0.15, 0.2) is 42.5 Å². The van der Waals surface area contributed by atoms with Crippen LogP contribution >= 0.6 is 0 Å². The second-order valence-electron chi connectivity index (χ2n) is 3.30. The van der Waals surface area contributed by atoms with Gasteiger partial charge >= 0.3 is 5.97 Å². The fraction of sp³-hybridized carbons (Fsp3) is 0.308. The minimum absolute atomic E-state index is 0.459. The molecule has 0 bridgehead atoms. The second kappa shape index (κ2) is 6.18. The van der Waals surface area contributed by atoms with Crippen LogP contribution in [0.25, 0.3) is 0 Å². The maximum atomic E-state index is 11.1. The van der Waals surface area contributed by atoms with Gasteiger partial charge in [0.1, 0.15) is 0 Å². The number of hydrogen-bond donors (Lipinski definition) is 0. The van der Waals surface area contributed by atoms with Gasteiger partial charge in [0, 0.05) is 25.9 Å². The Balaban J connectivity index is 3.06. The molecule has 0 radical (unpaired) electrons. The average molecular weight is 236 g/mol. The van der Waals surface area contributed by atoms with Crippen molar-refractivity contribution in [3.05, 3.63) is 48.0 Å². The zero-order valence-corrected chi connectivity index (χ0v) is 10.2. The van der Waals surface area contributed by atoms with Crippen molar-refractivity contribution >= 4 is 5.97 Å². The zero-order valence-electron chi connectivity index (χ0n) is 10.2. The van der Waals surface area contributed by atoms with Crippen molar-refractivity contribution in [2.24, 2.45) is 0 Å². The Hall–Kier alpha value is -1.65. The Bertz CT molecular complexity index is 380. The number of esters is 1. The van der Waals surface area contributed by atoms with Crippen molar-refractivity contribution in [1.29, 1.82) is 0 Å². The van der Waals surface area contributed by atoms with Crippen LogP contribution < -0.4 is 0 Å². The van der Waals surface area contributed by atoms with Gasteiger partial charge in [0.25, 0.3) is 0 Å². The highest BCUT2D eigenvalue weighted by atomic mass is 16.7. The van der Waals surface area contributed by atoms with Gasteiger partial charge in [0.05, 0.1) is 7.11 Å². The molecule has 0 aromatic heterocycles. The van der Waals surface area contributed by atoms with E-state index >= 15 is 0 Å². The Labute approximate surface area is 101 Å². The minimum atomic E-state index is -1.07. The van der Waals surface area contributed by atoms with Crippen LogP contribution in [0.5, 0.6) is 0 Å². The fourth-order valence-electron chi connectivity index (χ4n) is 1.47. The smallest absolute Gasteiger partial charge is 0.330 e. The lowest BCUT2D eigenvalue weighted by molar-refractivity contribution is -0.178. The van der Waals surface area contributed by atoms with Gasteiger partial charge in [-0.2, -0.15) is 0 Å². The molecule has 0 aliphatic heterocycles. The first-order chi connectivity index (χ1) is 8.18. The van der Waals surface area contributed by atoms with E-state index in [0.717, 1.165) is 5.56 Å². The average Bonchev–Trinajstić information content (AvgIpc) is 2.41. The number of benzene rings is 1. The van der Waals surface area contributed by atoms with Gasteiger partial charge in [-0.15, -0.1) is 0 Å². The Kier molecular flexibility index (Phi) is 4.87. The van der Waals surface area contributed by atoms with Gasteiger partial charge in [-0.25, -0.2) is 4.79 Å². The highest BCUT2D eigenvalue weighted by Crippen LogP contribution is 2.27. The summed E-state index contributed by atoms with van der Waals surface area (Å²) >= 11 is 0. The topological polar surface area (TPSA) is 44.8 Å². The second-order valence-corrected chi connectivity index (χ2v) is 3.30. The number of methoxy groups -OCH3 is 3. The molecule has 0 saturated heterocycles. The number of rotatable bonds is 5. The molecule has 0 N–H and O–H groups in total. The molecule has 4 heteroatoms. The Morgan fingerprint density at radius 2 is 1.71 bits per heavy atom. The van der Waals surface area contributed by atoms with Crippen molar-refractivity contribution < 1.29 is 19.0 Å². The predicted octanol–water partition coefficient (Wildman–Crippen LogP) is 1.86. The van der Waals surface area contributed by atoms with E-state index in [1.165, 1.54) is 33.5 Å². The molecule has 0 fully saturated rings. The van der Waals surface area contributed by atoms with Crippen molar-refractivity contribution in [2.75, 3.05) is 21.3 Å². The maximum Gasteiger partial charge on any atom is 0.330 e. The third-order valence-corrected chi connectivity index (χ3v) is 2.42. The first kappa shape index (κ1) is 13.4. The van der Waals surface area contributed by atoms with Crippen LogP contribution in [-0.2, 0) is 24.8 Å². The minimum Gasteiger partial charge on any atom is -0.466 e. The van der Waals surface area contributed by atoms with Gasteiger partial charge in [-0.3, -0.25) is 0 Å². The Morgan fingerprint density at radius 3 is 2.18 bits per heavy atom. The summed E-state index contributed by atoms with van der Waals surface area (Å²) < 4.78 is 15.2. The normalized spacial score (nSPS) is 11.7. The summed E-state index contributed by atoms with van der Waals surface area (Å²) in [6, 6.07) is 9.34. The van der Waals surface area contributed by atoms with Crippen molar-refractivity contribution in [1.82, 2.24) is 0 Å². The van der Waals surface area contributed by atoms with E-state index in [-0.39, 0.29) is 0 Å². The molecule has 0 atom stereocenters. The van der Waals surface area contributed by atoms with Crippen molar-refractivity contribution in [3.8, 4) is 0 Å². The SMILES string of the molecule is COC(=O)/C=C/C(OC)(OC)c1ccccc1. The van der Waals surface area contributed by atoms with Gasteiger partial charge in [0.2, 0.25) is 5.79 Å². The maximum absolute atomic E-state index is 11.1. The van der Waals surface area contributed by atoms with Crippen LogP contribution in [0, 0.1) is 0 Å². The molecule has 0 unspecified atom stereocenters. The van der Waals surface area contributed by atoms with E-state index in [1.807, 2.05) is 30.3 Å². The van der Waals surface area contributed by atoms with Crippen LogP contribution in [0.4, 0.5) is 0 Å². The summed E-state index contributed by atoms with van der Waals surface area (Å²) in [5, 5.41) is 0. The zero-order chi connectivity index (χ0) is 12.7. The number of carbonyl (C=O) groups excluding carboxylic acids is 1. The Morgan fingerprint density at radius 1 is 1.12 bits per heavy atom. The summed E-state index contributed by atoms with van der Waals surface area (Å²) in [5.41, 5.74) is 0.796. The molecule has 4 nitrogen and oxygen atoms in total. The highest BCUT2D eigenvalue weighted by molar-refractivity contribution is 5.81. The molecule has 92 valence electrons. The highest BCUT2D eigenvalue weighted by Gasteiger charge is 2.28. The molecule has 0 heterocycles. The largest absolute Gasteiger partial charge is 0.466 e. The molecule has 0 aliphatic rings. The molecule has 0 aliphatic carbocycles. The van der Waals surface area contributed by atoms with E-state index in [4.69, 9.17) is 9.47 Å². The molecule has 1 aromatic rings. The molecule has 0 amide bonds. The van der Waals surface area contributed by atoms with Crippen molar-refractivity contribution in [2.45, 2.75) is 5.79 Å². The lowest BCUT2D eigenvalue weighted by atomic mass is 10.1. The number of carbonyl (C=O) groups is 1. The molecule has 1 aromatic carbocycles. The van der Waals surface area contributed by atoms with Crippen LogP contribution in [0.1, 0.15) is 5.56 Å². The van der Waals surface area contributed by atoms with E-state index in [2.05, 4.69) is 4.74 Å². The summed E-state index contributed by atoms with van der Waals surface area (Å²) in [7, 11) is 4.34. The molecule has 0 spiro atoms. The lowest BCUT2D eigenvalue weighted by Crippen LogP contribution is -2.28. The third-order valence-electron chi connectivity index (χ3n) is 2.42. The third kappa shape index (κ3) is 3.15. The van der Waals surface area contributed by atoms with Gasteiger partial charge in [0.15, 0.2) is 0 Å². The van der Waals surface area contributed by atoms with E-state index in [9.17, 15) is 4.79 Å². The quantitative estimate of drug-likeness (QED) is 0.444. The van der Waals surface area contributed by atoms with Gasteiger partial charge < -0.3 is 14.2 Å². The van der Waals surface area contributed by atoms with Crippen LogP contribution in [0.3, 0.4) is 0 Å². The summed E-state index contributed by atoms with van der Waals surface area (Å²) in [5.74, 6) is -1.53. The summed E-state index contributed by atoms with van der Waals surface area (Å²) in [4.78, 5) is 11.1. The van der Waals surface area contributed by atoms with Crippen molar-refractivity contribution in [3.63, 3.8) is 0 Å². The number of hydrogen-bond acceptors (Lipinski definition) is 4. The van der Waals surface area contributed by atoms with E-state index in [1.54, 1.807) is 0 Å². The van der Waals surface area contributed by atoms with Crippen LogP contribution in [-0.4, -0.2) is 27.3 Å². The van der Waals surface area contributed by atoms with Gasteiger partial charge in [-0.05, 0) is 6.08 Å². The number of ether oxygens (including phenoxy) is 3. The molecule has 1 rings (SSSR count). The van der Waals surface area contributed by atoms with E-state index in [0.29, 0.717) is 0 Å². The lowest BCUT2D eigenvalue weighted by Gasteiger charge is -2.27. The summed E-state index contributed by atoms with van der Waals surface area (Å²) in [6.45, 7) is 0. The first-order valence-corrected chi connectivity index (χ1v) is 5.11. The van der Waals surface area contributed by atoms with Crippen LogP contribution in [0.2, 0.25) is 0 Å². The molecular formula is C13H16O4. The molecular weight excluding hydrogens is 220 g/mol. The standard InChI is InChI=1S/C13H16O4/c1-15-12(14)9-10-13(16-2,17-3)11-7-5-4-6-8-11/h4-10H,1-3H3/b10-9+. The monoisotopic (exact) mass is 236 g/mol. The molecule has 17 heavy (non-hydrogen) atoms. The van der Waals surface area contributed by atoms with E-state index < -0.39 is 11.8 Å². The molecule has 0 saturated carbocycles. The van der Waals surface area contributed by atoms with Gasteiger partial charge in [-0.1, -0.05) is 30.3 Å². The first-order valence-electron chi connectivity index (χ1n) is 5.11. The predicted molar refractivity (Wildman–Crippen MR) is 63.3 cm³/mol. The fourth-order valence-corrected chi connectivity index (χ4v) is 1.47.